The average Bonchev–Trinajstić information content (AvgIpc) is 2.66. The van der Waals surface area contributed by atoms with Gasteiger partial charge in [-0.25, -0.2) is 0 Å². The summed E-state index contributed by atoms with van der Waals surface area (Å²) in [7, 11) is 4.04. The molecular weight excluding hydrogens is 370 g/mol. The van der Waals surface area contributed by atoms with Gasteiger partial charge in [0.2, 0.25) is 0 Å². The molecule has 4 nitrogen and oxygen atoms in total. The Morgan fingerprint density at radius 3 is 2.21 bits per heavy atom. The van der Waals surface area contributed by atoms with Crippen LogP contribution in [0.1, 0.15) is 25.0 Å². The molecule has 0 saturated heterocycles. The molecule has 28 heavy (non-hydrogen) atoms. The highest BCUT2D eigenvalue weighted by molar-refractivity contribution is 6.30. The molecule has 1 aliphatic rings. The number of hydrogen-bond acceptors (Lipinski definition) is 4. The Hall–Kier alpha value is -2.30. The summed E-state index contributed by atoms with van der Waals surface area (Å²) in [6, 6.07) is 16.3. The summed E-state index contributed by atoms with van der Waals surface area (Å²) in [6.07, 6.45) is 3.77. The lowest BCUT2D eigenvalue weighted by Gasteiger charge is -2.29. The summed E-state index contributed by atoms with van der Waals surface area (Å²) in [5.74, 6) is 0.900. The van der Waals surface area contributed by atoms with Gasteiger partial charge in [-0.05, 0) is 68.9 Å². The molecule has 1 heterocycles. The van der Waals surface area contributed by atoms with Crippen LogP contribution < -0.4 is 10.1 Å². The quantitative estimate of drug-likeness (QED) is 0.736. The van der Waals surface area contributed by atoms with E-state index in [1.54, 1.807) is 0 Å². The van der Waals surface area contributed by atoms with Crippen LogP contribution in [-0.4, -0.2) is 37.6 Å². The van der Waals surface area contributed by atoms with Crippen molar-refractivity contribution in [2.45, 2.75) is 39.1 Å². The molecule has 1 atom stereocenters. The number of hydrogen-bond donors (Lipinski definition) is 1. The Balaban J connectivity index is 1.81. The van der Waals surface area contributed by atoms with Crippen molar-refractivity contribution in [2.24, 2.45) is 4.99 Å². The average molecular weight is 398 g/mol. The second kappa shape index (κ2) is 9.26. The smallest absolute Gasteiger partial charge is 0.175 e. The maximum Gasteiger partial charge on any atom is 0.175 e. The molecule has 0 bridgehead atoms. The molecule has 0 radical (unpaired) electrons. The minimum Gasteiger partial charge on any atom is -0.491 e. The molecular formula is C23H28ClN3O. The molecule has 0 aliphatic carbocycles. The fraction of sp³-hybridized carbons (Fsp3) is 0.348. The van der Waals surface area contributed by atoms with Gasteiger partial charge in [-0.15, -0.1) is 0 Å². The first kappa shape index (κ1) is 20.4. The summed E-state index contributed by atoms with van der Waals surface area (Å²) in [5, 5.41) is 4.33. The van der Waals surface area contributed by atoms with Gasteiger partial charge in [-0.2, -0.15) is 0 Å². The van der Waals surface area contributed by atoms with Crippen LogP contribution in [0.25, 0.3) is 0 Å². The molecule has 0 fully saturated rings. The Morgan fingerprint density at radius 1 is 1.00 bits per heavy atom. The van der Waals surface area contributed by atoms with Crippen molar-refractivity contribution in [1.29, 1.82) is 0 Å². The summed E-state index contributed by atoms with van der Waals surface area (Å²) in [5.41, 5.74) is 4.85. The molecule has 0 saturated carbocycles. The predicted molar refractivity (Wildman–Crippen MR) is 117 cm³/mol. The van der Waals surface area contributed by atoms with Crippen molar-refractivity contribution < 1.29 is 4.74 Å². The topological polar surface area (TPSA) is 36.9 Å². The van der Waals surface area contributed by atoms with Crippen LogP contribution >= 0.6 is 11.6 Å². The van der Waals surface area contributed by atoms with Crippen LogP contribution in [0, 0.1) is 0 Å². The van der Waals surface area contributed by atoms with Crippen LogP contribution in [0.15, 0.2) is 64.8 Å². The van der Waals surface area contributed by atoms with Crippen molar-refractivity contribution in [3.8, 4) is 5.75 Å². The van der Waals surface area contributed by atoms with Crippen LogP contribution in [0.2, 0.25) is 5.02 Å². The van der Waals surface area contributed by atoms with E-state index in [9.17, 15) is 0 Å². The van der Waals surface area contributed by atoms with E-state index < -0.39 is 0 Å². The maximum absolute atomic E-state index is 6.03. The minimum absolute atomic E-state index is 0.0483. The number of allylic oxidation sites excluding steroid dienone is 2. The van der Waals surface area contributed by atoms with Crippen LogP contribution in [0.3, 0.4) is 0 Å². The van der Waals surface area contributed by atoms with Crippen molar-refractivity contribution in [1.82, 2.24) is 10.2 Å². The lowest BCUT2D eigenvalue weighted by Crippen LogP contribution is -2.42. The minimum atomic E-state index is -0.0483. The fourth-order valence-corrected chi connectivity index (χ4v) is 3.21. The number of benzene rings is 2. The molecule has 0 spiro atoms. The third kappa shape index (κ3) is 5.60. The van der Waals surface area contributed by atoms with Gasteiger partial charge in [0.05, 0.1) is 6.10 Å². The molecule has 1 N–H and O–H groups in total. The summed E-state index contributed by atoms with van der Waals surface area (Å²) >= 11 is 6.03. The number of halogens is 1. The predicted octanol–water partition coefficient (Wildman–Crippen LogP) is 4.69. The van der Waals surface area contributed by atoms with E-state index in [1.807, 2.05) is 58.4 Å². The molecule has 1 unspecified atom stereocenters. The molecule has 3 rings (SSSR count). The van der Waals surface area contributed by atoms with Gasteiger partial charge in [-0.1, -0.05) is 35.9 Å². The zero-order valence-corrected chi connectivity index (χ0v) is 17.7. The highest BCUT2D eigenvalue weighted by atomic mass is 35.5. The van der Waals surface area contributed by atoms with Gasteiger partial charge in [0.25, 0.3) is 0 Å². The molecule has 1 aliphatic heterocycles. The van der Waals surface area contributed by atoms with Crippen LogP contribution in [0.4, 0.5) is 0 Å². The van der Waals surface area contributed by atoms with Gasteiger partial charge in [0.15, 0.2) is 6.29 Å². The van der Waals surface area contributed by atoms with Gasteiger partial charge in [0.1, 0.15) is 5.75 Å². The molecule has 2 aromatic rings. The van der Waals surface area contributed by atoms with Gasteiger partial charge in [-0.3, -0.25) is 9.89 Å². The van der Waals surface area contributed by atoms with E-state index in [0.29, 0.717) is 0 Å². The van der Waals surface area contributed by atoms with Gasteiger partial charge in [0, 0.05) is 29.8 Å². The monoisotopic (exact) mass is 397 g/mol. The lowest BCUT2D eigenvalue weighted by atomic mass is 9.99. The summed E-state index contributed by atoms with van der Waals surface area (Å²) in [4.78, 5) is 6.72. The first-order chi connectivity index (χ1) is 13.4. The largest absolute Gasteiger partial charge is 0.491 e. The zero-order valence-electron chi connectivity index (χ0n) is 16.9. The summed E-state index contributed by atoms with van der Waals surface area (Å²) < 4.78 is 5.74. The maximum atomic E-state index is 6.03. The lowest BCUT2D eigenvalue weighted by molar-refractivity contribution is 0.242. The van der Waals surface area contributed by atoms with E-state index in [2.05, 4.69) is 39.5 Å². The van der Waals surface area contributed by atoms with E-state index in [0.717, 1.165) is 23.6 Å². The van der Waals surface area contributed by atoms with E-state index in [1.165, 1.54) is 22.4 Å². The zero-order chi connectivity index (χ0) is 20.1. The molecule has 2 aromatic carbocycles. The van der Waals surface area contributed by atoms with Crippen LogP contribution in [-0.2, 0) is 12.8 Å². The second-order valence-corrected chi connectivity index (χ2v) is 7.99. The van der Waals surface area contributed by atoms with Gasteiger partial charge < -0.3 is 10.1 Å². The number of ether oxygens (including phenoxy) is 1. The third-order valence-electron chi connectivity index (χ3n) is 4.54. The Kier molecular flexibility index (Phi) is 6.76. The molecule has 5 heteroatoms. The SMILES string of the molecule is CC(C)Oc1ccc(CC2=C(Cc3ccc(Cl)cc3)NC(N(C)C)N=C2)cc1. The first-order valence-corrected chi connectivity index (χ1v) is 9.96. The normalized spacial score (nSPS) is 16.6. The van der Waals surface area contributed by atoms with Crippen molar-refractivity contribution in [3.05, 3.63) is 76.0 Å². The van der Waals surface area contributed by atoms with E-state index in [4.69, 9.17) is 16.3 Å². The fourth-order valence-electron chi connectivity index (χ4n) is 3.09. The third-order valence-corrected chi connectivity index (χ3v) is 4.79. The Morgan fingerprint density at radius 2 is 1.61 bits per heavy atom. The molecule has 0 aromatic heterocycles. The van der Waals surface area contributed by atoms with Crippen LogP contribution in [0.5, 0.6) is 5.75 Å². The Bertz CT molecular complexity index is 839. The van der Waals surface area contributed by atoms with Crippen molar-refractivity contribution >= 4 is 17.8 Å². The number of nitrogens with zero attached hydrogens (tertiary/aromatic N) is 2. The first-order valence-electron chi connectivity index (χ1n) is 9.59. The molecule has 148 valence electrons. The highest BCUT2D eigenvalue weighted by Crippen LogP contribution is 2.21. The number of nitrogens with one attached hydrogen (secondary N) is 1. The van der Waals surface area contributed by atoms with Crippen molar-refractivity contribution in [3.63, 3.8) is 0 Å². The number of aliphatic imine (C=N–C) groups is 1. The second-order valence-electron chi connectivity index (χ2n) is 7.55. The Labute approximate surface area is 172 Å². The molecule has 0 amide bonds. The standard InChI is InChI=1S/C23H28ClN3O/c1-16(2)28-21-11-7-17(8-12-21)13-19-15-25-23(27(3)4)26-22(19)14-18-5-9-20(24)10-6-18/h5-12,15-16,23,26H,13-14H2,1-4H3. The van der Waals surface area contributed by atoms with E-state index >= 15 is 0 Å². The van der Waals surface area contributed by atoms with Gasteiger partial charge >= 0.3 is 0 Å². The highest BCUT2D eigenvalue weighted by Gasteiger charge is 2.18. The number of rotatable bonds is 7. The summed E-state index contributed by atoms with van der Waals surface area (Å²) in [6.45, 7) is 4.07. The van der Waals surface area contributed by atoms with Crippen molar-refractivity contribution in [2.75, 3.05) is 14.1 Å². The van der Waals surface area contributed by atoms with E-state index in [-0.39, 0.29) is 12.4 Å².